The number of nitriles is 1. The van der Waals surface area contributed by atoms with Crippen molar-refractivity contribution in [3.63, 3.8) is 0 Å². The van der Waals surface area contributed by atoms with Crippen LogP contribution in [0.3, 0.4) is 0 Å². The molecule has 0 aliphatic carbocycles. The normalized spacial score (nSPS) is 4.83. The number of hydrogen-bond acceptors (Lipinski definition) is 6. The van der Waals surface area contributed by atoms with E-state index in [-0.39, 0.29) is 43.0 Å². The summed E-state index contributed by atoms with van der Waals surface area (Å²) in [6.07, 6.45) is 0. The molecule has 0 aliphatic heterocycles. The number of hydrogen-bond donors (Lipinski definition) is 2. The number of nitrogens with zero attached hydrogens (tertiary/aromatic N) is 2. The van der Waals surface area contributed by atoms with Gasteiger partial charge in [0.05, 0.1) is 5.16 Å². The topological polar surface area (TPSA) is 193 Å². The molecule has 0 aliphatic rings. The number of isothiocyanates is 1. The van der Waals surface area contributed by atoms with E-state index < -0.39 is 0 Å². The molecule has 0 fully saturated rings. The maximum Gasteiger partial charge on any atom is 3.00 e. The summed E-state index contributed by atoms with van der Waals surface area (Å²) in [4.78, 5) is 8.11. The molecule has 0 unspecified atom stereocenters. The first-order chi connectivity index (χ1) is 8.07. The Morgan fingerprint density at radius 1 is 1.22 bits per heavy atom. The van der Waals surface area contributed by atoms with E-state index in [4.69, 9.17) is 43.7 Å². The Morgan fingerprint density at radius 2 is 1.28 bits per heavy atom. The van der Waals surface area contributed by atoms with Crippen LogP contribution in [0.4, 0.5) is 0 Å². The average molecular weight is 339 g/mol. The molecule has 0 rings (SSSR count). The van der Waals surface area contributed by atoms with Crippen LogP contribution in [0.5, 0.6) is 0 Å². The van der Waals surface area contributed by atoms with E-state index in [2.05, 4.69) is 24.8 Å². The van der Waals surface area contributed by atoms with Crippen molar-refractivity contribution in [2.24, 2.45) is 5.34 Å². The molecule has 0 aromatic carbocycles. The summed E-state index contributed by atoms with van der Waals surface area (Å²) in [5.74, 6) is 0. The molecule has 0 spiro atoms. The second-order valence-corrected chi connectivity index (χ2v) is 1.66. The van der Waals surface area contributed by atoms with E-state index in [9.17, 15) is 0 Å². The summed E-state index contributed by atoms with van der Waals surface area (Å²) < 4.78 is 0. The Hall–Kier alpha value is -0.744. The predicted molar refractivity (Wildman–Crippen MR) is 72.6 cm³/mol. The fraction of sp³-hybridized carbons (Fsp3) is 0.667. The fourth-order valence-corrected chi connectivity index (χ4v) is 0. The van der Waals surface area contributed by atoms with Gasteiger partial charge in [0, 0.05) is 0 Å². The Morgan fingerprint density at radius 3 is 1.28 bits per heavy atom. The molecule has 0 amide bonds. The van der Waals surface area contributed by atoms with Gasteiger partial charge >= 0.3 is 16.8 Å². The molecular weight excluding hydrogens is 325 g/mol. The summed E-state index contributed by atoms with van der Waals surface area (Å²) in [5.41, 5.74) is 25.1. The third-order valence-corrected chi connectivity index (χ3v) is 0.250. The van der Waals surface area contributed by atoms with Gasteiger partial charge in [-0.05, 0) is 12.2 Å². The van der Waals surface area contributed by atoms with Gasteiger partial charge < -0.3 is 40.8 Å². The van der Waals surface area contributed by atoms with Crippen LogP contribution in [0.2, 0.25) is 0 Å². The van der Waals surface area contributed by atoms with Crippen LogP contribution in [0.15, 0.2) is 5.34 Å². The molecule has 0 saturated heterocycles. The fourth-order valence-electron chi connectivity index (χ4n) is 0. The summed E-state index contributed by atoms with van der Waals surface area (Å²) in [6, 6.07) is 0. The van der Waals surface area contributed by atoms with Gasteiger partial charge in [-0.25, -0.2) is 10.7 Å². The SMILES string of the molecule is N#C[S-].N=C=S.O=NO.[Co+3].[NH-]CC[NH-].[NH-]CC[NH-]. The van der Waals surface area contributed by atoms with E-state index in [0.717, 1.165) is 0 Å². The first-order valence-electron chi connectivity index (χ1n) is 3.68. The first-order valence-corrected chi connectivity index (χ1v) is 4.50. The van der Waals surface area contributed by atoms with Gasteiger partial charge in [0.2, 0.25) is 0 Å². The largest absolute Gasteiger partial charge is 3.00 e. The van der Waals surface area contributed by atoms with Crippen molar-refractivity contribution in [3.05, 3.63) is 27.8 Å². The summed E-state index contributed by atoms with van der Waals surface area (Å²) in [6.45, 7) is 0.944. The van der Waals surface area contributed by atoms with Crippen LogP contribution in [-0.2, 0) is 29.4 Å². The van der Waals surface area contributed by atoms with Crippen molar-refractivity contribution >= 4 is 30.0 Å². The molecule has 0 atom stereocenters. The van der Waals surface area contributed by atoms with Crippen molar-refractivity contribution in [1.82, 2.24) is 0 Å². The molecule has 0 radical (unpaired) electrons. The number of nitrogens with one attached hydrogen (secondary N) is 5. The minimum absolute atomic E-state index is 0. The summed E-state index contributed by atoms with van der Waals surface area (Å²) in [5, 5.41) is 23.7. The molecule has 108 valence electrons. The number of thiocyanates is 1. The van der Waals surface area contributed by atoms with E-state index in [1.165, 1.54) is 10.7 Å². The number of rotatable bonds is 2. The predicted octanol–water partition coefficient (Wildman–Crippen LogP) is 3.00. The van der Waals surface area contributed by atoms with Crippen molar-refractivity contribution in [3.8, 4) is 5.40 Å². The third kappa shape index (κ3) is 1960. The molecular formula is C6H14CoN7O2S2-2. The zero-order valence-corrected chi connectivity index (χ0v) is 11.9. The Kier molecular flexibility index (Phi) is 193. The quantitative estimate of drug-likeness (QED) is 0.194. The van der Waals surface area contributed by atoms with Crippen LogP contribution >= 0.6 is 12.2 Å². The van der Waals surface area contributed by atoms with Crippen molar-refractivity contribution in [2.75, 3.05) is 26.2 Å². The minimum atomic E-state index is 0. The summed E-state index contributed by atoms with van der Waals surface area (Å²) in [7, 11) is 0. The van der Waals surface area contributed by atoms with Crippen LogP contribution in [-0.4, -0.2) is 36.5 Å². The number of thiocarbonyl (C=S) groups is 1. The first kappa shape index (κ1) is 36.0. The molecule has 0 bridgehead atoms. The van der Waals surface area contributed by atoms with Crippen LogP contribution < -0.4 is 0 Å². The van der Waals surface area contributed by atoms with E-state index >= 15 is 0 Å². The van der Waals surface area contributed by atoms with E-state index in [1.807, 2.05) is 0 Å². The average Bonchev–Trinajstić information content (AvgIpc) is 2.32. The third-order valence-electron chi connectivity index (χ3n) is 0.250. The van der Waals surface area contributed by atoms with E-state index in [1.54, 1.807) is 5.16 Å². The second kappa shape index (κ2) is 96.7. The molecule has 0 saturated carbocycles. The van der Waals surface area contributed by atoms with Crippen molar-refractivity contribution in [2.45, 2.75) is 0 Å². The van der Waals surface area contributed by atoms with Gasteiger partial charge in [-0.1, -0.05) is 5.40 Å². The minimum Gasteiger partial charge on any atom is -0.696 e. The summed E-state index contributed by atoms with van der Waals surface area (Å²) >= 11 is 7.51. The Balaban J connectivity index is -0.0000000249. The van der Waals surface area contributed by atoms with Gasteiger partial charge in [-0.3, -0.25) is 0 Å². The molecule has 0 aromatic heterocycles. The van der Waals surface area contributed by atoms with Crippen molar-refractivity contribution < 1.29 is 22.0 Å². The van der Waals surface area contributed by atoms with Gasteiger partial charge in [0.25, 0.3) is 0 Å². The van der Waals surface area contributed by atoms with Gasteiger partial charge in [-0.15, -0.1) is 4.91 Å². The molecule has 0 heterocycles. The van der Waals surface area contributed by atoms with E-state index in [0.29, 0.717) is 0 Å². The van der Waals surface area contributed by atoms with Crippen molar-refractivity contribution in [1.29, 1.82) is 10.7 Å². The maximum absolute atomic E-state index is 8.11. The smallest absolute Gasteiger partial charge is 0.696 e. The zero-order chi connectivity index (χ0) is 14.9. The van der Waals surface area contributed by atoms with Gasteiger partial charge in [-0.2, -0.15) is 26.2 Å². The van der Waals surface area contributed by atoms with Crippen LogP contribution in [0.25, 0.3) is 22.9 Å². The molecule has 0 aromatic rings. The van der Waals surface area contributed by atoms with Crippen LogP contribution in [0, 0.1) is 21.0 Å². The monoisotopic (exact) mass is 339 g/mol. The zero-order valence-electron chi connectivity index (χ0n) is 9.23. The molecule has 9 nitrogen and oxygen atoms in total. The Labute approximate surface area is 127 Å². The molecule has 6 N–H and O–H groups in total. The second-order valence-electron chi connectivity index (χ2n) is 1.27. The van der Waals surface area contributed by atoms with Gasteiger partial charge in [0.1, 0.15) is 0 Å². The molecule has 18 heavy (non-hydrogen) atoms. The Bertz CT molecular complexity index is 168. The maximum atomic E-state index is 8.11. The van der Waals surface area contributed by atoms with Gasteiger partial charge in [0.15, 0.2) is 5.34 Å². The standard InChI is InChI=1S/2C2H6N2.2CHNS.Co.HNO2/c2*3-1-2-4;2*2-1-3;;2-1-3/h2*3-4H,1-2H2;3H;2H;;(H,2,3)/q2*-2;;;+3;/p-1. The van der Waals surface area contributed by atoms with Crippen LogP contribution in [0.1, 0.15) is 0 Å². The molecule has 12 heteroatoms.